The summed E-state index contributed by atoms with van der Waals surface area (Å²) in [6.07, 6.45) is 1.50. The Kier molecular flexibility index (Phi) is 5.15. The van der Waals surface area contributed by atoms with Gasteiger partial charge < -0.3 is 10.4 Å². The average Bonchev–Trinajstić information content (AvgIpc) is 2.41. The zero-order valence-electron chi connectivity index (χ0n) is 12.3. The van der Waals surface area contributed by atoms with E-state index < -0.39 is 0 Å². The van der Waals surface area contributed by atoms with Crippen LogP contribution in [0.1, 0.15) is 25.3 Å². The van der Waals surface area contributed by atoms with E-state index >= 15 is 0 Å². The van der Waals surface area contributed by atoms with Crippen molar-refractivity contribution in [2.24, 2.45) is 5.92 Å². The van der Waals surface area contributed by atoms with Gasteiger partial charge in [-0.05, 0) is 43.4 Å². The molecule has 2 rings (SSSR count). The lowest BCUT2D eigenvalue weighted by Gasteiger charge is -2.35. The number of carbonyl (C=O) groups is 1. The summed E-state index contributed by atoms with van der Waals surface area (Å²) in [5, 5.41) is 12.8. The molecule has 0 bridgehead atoms. The maximum atomic E-state index is 12.1. The van der Waals surface area contributed by atoms with Crippen molar-refractivity contribution >= 4 is 11.6 Å². The first-order valence-corrected chi connectivity index (χ1v) is 7.35. The quantitative estimate of drug-likeness (QED) is 0.884. The molecule has 2 unspecified atom stereocenters. The first-order chi connectivity index (χ1) is 9.58. The van der Waals surface area contributed by atoms with Gasteiger partial charge in [-0.15, -0.1) is 0 Å². The van der Waals surface area contributed by atoms with Gasteiger partial charge in [0.2, 0.25) is 5.91 Å². The van der Waals surface area contributed by atoms with E-state index in [1.807, 2.05) is 31.2 Å². The Balaban J connectivity index is 1.85. The van der Waals surface area contributed by atoms with Gasteiger partial charge in [0.05, 0.1) is 12.6 Å². The van der Waals surface area contributed by atoms with Crippen LogP contribution in [0.4, 0.5) is 5.69 Å². The summed E-state index contributed by atoms with van der Waals surface area (Å²) in [7, 11) is 0. The summed E-state index contributed by atoms with van der Waals surface area (Å²) in [5.41, 5.74) is 1.98. The second-order valence-electron chi connectivity index (χ2n) is 5.68. The van der Waals surface area contributed by atoms with Crippen LogP contribution in [0, 0.1) is 12.8 Å². The van der Waals surface area contributed by atoms with E-state index in [9.17, 15) is 9.90 Å². The molecule has 2 N–H and O–H groups in total. The largest absolute Gasteiger partial charge is 0.393 e. The molecule has 1 aliphatic rings. The second kappa shape index (κ2) is 6.86. The SMILES string of the molecule is CCC1CN(CC(=O)Nc2cccc(C)c2)CCC1O. The Morgan fingerprint density at radius 3 is 3.00 bits per heavy atom. The Hall–Kier alpha value is -1.39. The van der Waals surface area contributed by atoms with Crippen molar-refractivity contribution in [3.05, 3.63) is 29.8 Å². The third-order valence-corrected chi connectivity index (χ3v) is 3.97. The van der Waals surface area contributed by atoms with E-state index in [-0.39, 0.29) is 17.9 Å². The zero-order valence-corrected chi connectivity index (χ0v) is 12.3. The van der Waals surface area contributed by atoms with Crippen LogP contribution in [0.15, 0.2) is 24.3 Å². The number of aliphatic hydroxyl groups is 1. The minimum Gasteiger partial charge on any atom is -0.393 e. The molecule has 4 heteroatoms. The summed E-state index contributed by atoms with van der Waals surface area (Å²) in [5.74, 6) is 0.303. The van der Waals surface area contributed by atoms with Crippen molar-refractivity contribution in [2.45, 2.75) is 32.8 Å². The molecule has 1 aromatic rings. The van der Waals surface area contributed by atoms with Gasteiger partial charge in [0.25, 0.3) is 0 Å². The lowest BCUT2D eigenvalue weighted by molar-refractivity contribution is -0.118. The number of anilines is 1. The molecule has 1 aromatic carbocycles. The van der Waals surface area contributed by atoms with Gasteiger partial charge in [0.15, 0.2) is 0 Å². The molecule has 0 radical (unpaired) electrons. The van der Waals surface area contributed by atoms with Crippen molar-refractivity contribution < 1.29 is 9.90 Å². The molecule has 1 saturated heterocycles. The van der Waals surface area contributed by atoms with E-state index in [1.54, 1.807) is 0 Å². The normalized spacial score (nSPS) is 23.6. The fourth-order valence-electron chi connectivity index (χ4n) is 2.77. The smallest absolute Gasteiger partial charge is 0.238 e. The Morgan fingerprint density at radius 2 is 2.30 bits per heavy atom. The minimum absolute atomic E-state index is 0.0156. The van der Waals surface area contributed by atoms with Gasteiger partial charge in [-0.2, -0.15) is 0 Å². The van der Waals surface area contributed by atoms with E-state index in [0.29, 0.717) is 6.54 Å². The molecule has 0 aromatic heterocycles. The lowest BCUT2D eigenvalue weighted by Crippen LogP contribution is -2.45. The maximum Gasteiger partial charge on any atom is 0.238 e. The molecule has 0 aliphatic carbocycles. The Labute approximate surface area is 120 Å². The maximum absolute atomic E-state index is 12.1. The predicted molar refractivity (Wildman–Crippen MR) is 80.7 cm³/mol. The minimum atomic E-state index is -0.212. The van der Waals surface area contributed by atoms with E-state index in [4.69, 9.17) is 0 Å². The molecule has 20 heavy (non-hydrogen) atoms. The van der Waals surface area contributed by atoms with Gasteiger partial charge in [-0.3, -0.25) is 9.69 Å². The van der Waals surface area contributed by atoms with Crippen molar-refractivity contribution in [3.8, 4) is 0 Å². The third kappa shape index (κ3) is 4.05. The molecule has 2 atom stereocenters. The molecule has 110 valence electrons. The average molecular weight is 276 g/mol. The van der Waals surface area contributed by atoms with Gasteiger partial charge in [0.1, 0.15) is 0 Å². The van der Waals surface area contributed by atoms with Crippen LogP contribution in [0.2, 0.25) is 0 Å². The number of hydrogen-bond donors (Lipinski definition) is 2. The fourth-order valence-corrected chi connectivity index (χ4v) is 2.77. The highest BCUT2D eigenvalue weighted by Gasteiger charge is 2.27. The number of piperidine rings is 1. The summed E-state index contributed by atoms with van der Waals surface area (Å²) < 4.78 is 0. The number of aryl methyl sites for hydroxylation is 1. The summed E-state index contributed by atoms with van der Waals surface area (Å²) in [6.45, 7) is 6.09. The van der Waals surface area contributed by atoms with Crippen LogP contribution in [0.5, 0.6) is 0 Å². The summed E-state index contributed by atoms with van der Waals surface area (Å²) >= 11 is 0. The lowest BCUT2D eigenvalue weighted by atomic mass is 9.92. The monoisotopic (exact) mass is 276 g/mol. The Bertz CT molecular complexity index is 462. The van der Waals surface area contributed by atoms with E-state index in [1.165, 1.54) is 0 Å². The van der Waals surface area contributed by atoms with Gasteiger partial charge in [-0.25, -0.2) is 0 Å². The van der Waals surface area contributed by atoms with Gasteiger partial charge >= 0.3 is 0 Å². The molecular weight excluding hydrogens is 252 g/mol. The number of benzene rings is 1. The summed E-state index contributed by atoms with van der Waals surface area (Å²) in [6, 6.07) is 7.81. The van der Waals surface area contributed by atoms with Crippen LogP contribution in [0.3, 0.4) is 0 Å². The topological polar surface area (TPSA) is 52.6 Å². The van der Waals surface area contributed by atoms with Gasteiger partial charge in [-0.1, -0.05) is 19.1 Å². The fraction of sp³-hybridized carbons (Fsp3) is 0.562. The van der Waals surface area contributed by atoms with Crippen molar-refractivity contribution in [1.82, 2.24) is 4.90 Å². The summed E-state index contributed by atoms with van der Waals surface area (Å²) in [4.78, 5) is 14.2. The van der Waals surface area contributed by atoms with Crippen LogP contribution >= 0.6 is 0 Å². The van der Waals surface area contributed by atoms with Crippen molar-refractivity contribution in [1.29, 1.82) is 0 Å². The van der Waals surface area contributed by atoms with E-state index in [2.05, 4.69) is 17.1 Å². The number of nitrogens with one attached hydrogen (secondary N) is 1. The van der Waals surface area contributed by atoms with Crippen LogP contribution in [0.25, 0.3) is 0 Å². The first kappa shape index (κ1) is 15.0. The second-order valence-corrected chi connectivity index (χ2v) is 5.68. The molecule has 0 saturated carbocycles. The molecule has 1 heterocycles. The highest BCUT2D eigenvalue weighted by molar-refractivity contribution is 5.92. The first-order valence-electron chi connectivity index (χ1n) is 7.35. The predicted octanol–water partition coefficient (Wildman–Crippen LogP) is 2.03. The highest BCUT2D eigenvalue weighted by Crippen LogP contribution is 2.20. The molecule has 1 fully saturated rings. The van der Waals surface area contributed by atoms with Gasteiger partial charge in [0, 0.05) is 18.8 Å². The molecule has 1 amide bonds. The number of aliphatic hydroxyl groups excluding tert-OH is 1. The standard InChI is InChI=1S/C16H24N2O2/c1-3-13-10-18(8-7-15(13)19)11-16(20)17-14-6-4-5-12(2)9-14/h4-6,9,13,15,19H,3,7-8,10-11H2,1-2H3,(H,17,20). The third-order valence-electron chi connectivity index (χ3n) is 3.97. The zero-order chi connectivity index (χ0) is 14.5. The van der Waals surface area contributed by atoms with Crippen molar-refractivity contribution in [2.75, 3.05) is 25.0 Å². The molecule has 1 aliphatic heterocycles. The number of hydrogen-bond acceptors (Lipinski definition) is 3. The highest BCUT2D eigenvalue weighted by atomic mass is 16.3. The number of nitrogens with zero attached hydrogens (tertiary/aromatic N) is 1. The Morgan fingerprint density at radius 1 is 1.50 bits per heavy atom. The van der Waals surface area contributed by atoms with Crippen LogP contribution < -0.4 is 5.32 Å². The molecule has 0 spiro atoms. The number of amides is 1. The molecular formula is C16H24N2O2. The van der Waals surface area contributed by atoms with Crippen LogP contribution in [-0.4, -0.2) is 41.7 Å². The number of rotatable bonds is 4. The van der Waals surface area contributed by atoms with Crippen LogP contribution in [-0.2, 0) is 4.79 Å². The van der Waals surface area contributed by atoms with Crippen molar-refractivity contribution in [3.63, 3.8) is 0 Å². The molecule has 4 nitrogen and oxygen atoms in total. The van der Waals surface area contributed by atoms with E-state index in [0.717, 1.165) is 37.2 Å². The number of carbonyl (C=O) groups excluding carboxylic acids is 1. The number of likely N-dealkylation sites (tertiary alicyclic amines) is 1.